The summed E-state index contributed by atoms with van der Waals surface area (Å²) in [7, 11) is 0. The molecule has 0 spiro atoms. The summed E-state index contributed by atoms with van der Waals surface area (Å²) < 4.78 is 6.99. The van der Waals surface area contributed by atoms with Crippen molar-refractivity contribution < 1.29 is 14.0 Å². The summed E-state index contributed by atoms with van der Waals surface area (Å²) >= 11 is 0. The summed E-state index contributed by atoms with van der Waals surface area (Å²) in [5.74, 6) is 1.91. The van der Waals surface area contributed by atoms with Crippen LogP contribution in [0.3, 0.4) is 0 Å². The summed E-state index contributed by atoms with van der Waals surface area (Å²) in [5, 5.41) is 0. The van der Waals surface area contributed by atoms with Crippen LogP contribution in [0.1, 0.15) is 40.0 Å². The van der Waals surface area contributed by atoms with Crippen molar-refractivity contribution in [1.82, 2.24) is 4.90 Å². The van der Waals surface area contributed by atoms with Gasteiger partial charge in [-0.05, 0) is 30.6 Å². The number of fused-ring (bicyclic) bond motifs is 3. The Hall–Kier alpha value is -0.610. The molecular weight excluding hydrogens is 276 g/mol. The molecule has 0 N–H and O–H groups in total. The second kappa shape index (κ2) is 6.48. The van der Waals surface area contributed by atoms with Crippen LogP contribution in [0.15, 0.2) is 0 Å². The Labute approximate surface area is 135 Å². The number of nitrogens with zero attached hydrogens (tertiary/aromatic N) is 2. The maximum Gasteiger partial charge on any atom is 0.362 e. The van der Waals surface area contributed by atoms with Gasteiger partial charge in [-0.2, -0.15) is 0 Å². The maximum atomic E-state index is 12.6. The van der Waals surface area contributed by atoms with Gasteiger partial charge in [-0.25, -0.2) is 4.79 Å². The van der Waals surface area contributed by atoms with Gasteiger partial charge >= 0.3 is 5.97 Å². The molecule has 1 aliphatic carbocycles. The maximum absolute atomic E-state index is 12.6. The van der Waals surface area contributed by atoms with Crippen molar-refractivity contribution in [2.75, 3.05) is 45.8 Å². The molecule has 3 atom stereocenters. The zero-order valence-corrected chi connectivity index (χ0v) is 14.6. The third-order valence-corrected chi connectivity index (χ3v) is 6.38. The molecule has 0 radical (unpaired) electrons. The van der Waals surface area contributed by atoms with Crippen molar-refractivity contribution in [1.29, 1.82) is 0 Å². The molecule has 4 aliphatic rings. The molecule has 3 heterocycles. The third kappa shape index (κ3) is 3.48. The lowest BCUT2D eigenvalue weighted by Crippen LogP contribution is -2.68. The zero-order valence-electron chi connectivity index (χ0n) is 14.6. The molecule has 4 rings (SSSR count). The number of carbonyl (C=O) groups is 1. The highest BCUT2D eigenvalue weighted by molar-refractivity contribution is 5.70. The van der Waals surface area contributed by atoms with E-state index < -0.39 is 0 Å². The normalized spacial score (nSPS) is 41.6. The molecular formula is C18H33N2O2+. The summed E-state index contributed by atoms with van der Waals surface area (Å²) in [6.07, 6.45) is 3.71. The minimum Gasteiger partial charge on any atom is -0.458 e. The summed E-state index contributed by atoms with van der Waals surface area (Å²) in [6, 6.07) is 0. The molecule has 0 amide bonds. The van der Waals surface area contributed by atoms with Crippen LogP contribution < -0.4 is 0 Å². The highest BCUT2D eigenvalue weighted by Gasteiger charge is 2.41. The molecule has 0 aromatic rings. The smallest absolute Gasteiger partial charge is 0.362 e. The number of ether oxygens (including phenoxy) is 1. The number of quaternary nitrogens is 1. The highest BCUT2D eigenvalue weighted by atomic mass is 16.5. The molecule has 0 aromatic carbocycles. The van der Waals surface area contributed by atoms with Gasteiger partial charge in [0.05, 0.1) is 19.6 Å². The monoisotopic (exact) mass is 309 g/mol. The molecule has 0 unspecified atom stereocenters. The first-order valence-corrected chi connectivity index (χ1v) is 9.24. The van der Waals surface area contributed by atoms with E-state index in [4.69, 9.17) is 4.74 Å². The highest BCUT2D eigenvalue weighted by Crippen LogP contribution is 2.35. The standard InChI is InChI=1S/C18H33N2O2/c1-14(2)16-5-4-15(3)12-17(16)22-18(21)13-20-9-6-19(7-10-20)8-11-20/h14-17H,4-13H2,1-3H3/q+1/t15-,16-,17+/m0/s1. The first-order chi connectivity index (χ1) is 10.5. The number of rotatable bonds is 4. The van der Waals surface area contributed by atoms with Gasteiger partial charge in [-0.15, -0.1) is 0 Å². The van der Waals surface area contributed by atoms with Gasteiger partial charge in [0.2, 0.25) is 0 Å². The van der Waals surface area contributed by atoms with Crippen LogP contribution in [-0.2, 0) is 9.53 Å². The number of piperazine rings is 3. The average molecular weight is 309 g/mol. The fraction of sp³-hybridized carbons (Fsp3) is 0.944. The van der Waals surface area contributed by atoms with Gasteiger partial charge < -0.3 is 9.22 Å². The van der Waals surface area contributed by atoms with Crippen LogP contribution in [-0.4, -0.2) is 67.3 Å². The zero-order chi connectivity index (χ0) is 15.7. The van der Waals surface area contributed by atoms with Gasteiger partial charge in [0.1, 0.15) is 6.10 Å². The molecule has 126 valence electrons. The van der Waals surface area contributed by atoms with Gasteiger partial charge in [0.25, 0.3) is 0 Å². The van der Waals surface area contributed by atoms with Crippen LogP contribution in [0.5, 0.6) is 0 Å². The fourth-order valence-electron chi connectivity index (χ4n) is 4.70. The van der Waals surface area contributed by atoms with Crippen molar-refractivity contribution in [3.8, 4) is 0 Å². The number of hydrogen-bond donors (Lipinski definition) is 0. The van der Waals surface area contributed by atoms with Crippen LogP contribution >= 0.6 is 0 Å². The van der Waals surface area contributed by atoms with E-state index in [1.165, 1.54) is 12.8 Å². The summed E-state index contributed by atoms with van der Waals surface area (Å²) in [4.78, 5) is 15.1. The summed E-state index contributed by atoms with van der Waals surface area (Å²) in [5.41, 5.74) is 0. The lowest BCUT2D eigenvalue weighted by molar-refractivity contribution is -0.934. The van der Waals surface area contributed by atoms with Crippen molar-refractivity contribution in [2.45, 2.75) is 46.1 Å². The molecule has 0 aromatic heterocycles. The van der Waals surface area contributed by atoms with Crippen LogP contribution in [0, 0.1) is 17.8 Å². The molecule has 3 aliphatic heterocycles. The van der Waals surface area contributed by atoms with E-state index >= 15 is 0 Å². The Balaban J connectivity index is 1.57. The van der Waals surface area contributed by atoms with E-state index in [0.717, 1.165) is 50.2 Å². The predicted molar refractivity (Wildman–Crippen MR) is 87.4 cm³/mol. The van der Waals surface area contributed by atoms with Crippen LogP contribution in [0.25, 0.3) is 0 Å². The third-order valence-electron chi connectivity index (χ3n) is 6.38. The van der Waals surface area contributed by atoms with Gasteiger partial charge in [0.15, 0.2) is 6.54 Å². The molecule has 3 saturated heterocycles. The summed E-state index contributed by atoms with van der Waals surface area (Å²) in [6.45, 7) is 14.3. The molecule has 1 saturated carbocycles. The molecule has 22 heavy (non-hydrogen) atoms. The molecule has 4 nitrogen and oxygen atoms in total. The number of esters is 1. The second-order valence-corrected chi connectivity index (χ2v) is 8.37. The van der Waals surface area contributed by atoms with Gasteiger partial charge in [-0.3, -0.25) is 4.90 Å². The van der Waals surface area contributed by atoms with Crippen LogP contribution in [0.2, 0.25) is 0 Å². The second-order valence-electron chi connectivity index (χ2n) is 8.37. The van der Waals surface area contributed by atoms with Gasteiger partial charge in [0, 0.05) is 19.6 Å². The minimum atomic E-state index is 0.0556. The number of carbonyl (C=O) groups excluding carboxylic acids is 1. The van der Waals surface area contributed by atoms with Crippen LogP contribution in [0.4, 0.5) is 0 Å². The van der Waals surface area contributed by atoms with Crippen molar-refractivity contribution in [3.05, 3.63) is 0 Å². The van der Waals surface area contributed by atoms with Gasteiger partial charge in [-0.1, -0.05) is 27.2 Å². The predicted octanol–water partition coefficient (Wildman–Crippen LogP) is 2.14. The average Bonchev–Trinajstić information content (AvgIpc) is 2.48. The topological polar surface area (TPSA) is 29.5 Å². The molecule has 4 fully saturated rings. The van der Waals surface area contributed by atoms with E-state index in [0.29, 0.717) is 24.3 Å². The Morgan fingerprint density at radius 2 is 1.82 bits per heavy atom. The lowest BCUT2D eigenvalue weighted by Gasteiger charge is -2.50. The van der Waals surface area contributed by atoms with Crippen molar-refractivity contribution in [3.63, 3.8) is 0 Å². The fourth-order valence-corrected chi connectivity index (χ4v) is 4.70. The molecule has 4 heteroatoms. The largest absolute Gasteiger partial charge is 0.458 e. The van der Waals surface area contributed by atoms with E-state index in [-0.39, 0.29) is 12.1 Å². The van der Waals surface area contributed by atoms with E-state index in [2.05, 4.69) is 25.7 Å². The minimum absolute atomic E-state index is 0.0556. The van der Waals surface area contributed by atoms with E-state index in [1.54, 1.807) is 0 Å². The van der Waals surface area contributed by atoms with Crippen molar-refractivity contribution in [2.24, 2.45) is 17.8 Å². The van der Waals surface area contributed by atoms with E-state index in [9.17, 15) is 4.79 Å². The Kier molecular flexibility index (Phi) is 4.79. The Morgan fingerprint density at radius 1 is 1.18 bits per heavy atom. The number of hydrogen-bond acceptors (Lipinski definition) is 3. The lowest BCUT2D eigenvalue weighted by atomic mass is 9.75. The van der Waals surface area contributed by atoms with Crippen molar-refractivity contribution >= 4 is 5.97 Å². The SMILES string of the molecule is CC(C)[C@@H]1CC[C@H](C)C[C@H]1OC(=O)C[N+]12CCN(CC1)CC2. The first kappa shape index (κ1) is 16.3. The Morgan fingerprint density at radius 3 is 2.41 bits per heavy atom. The molecule has 2 bridgehead atoms. The Bertz CT molecular complexity index is 388. The first-order valence-electron chi connectivity index (χ1n) is 9.24. The quantitative estimate of drug-likeness (QED) is 0.588. The van der Waals surface area contributed by atoms with E-state index in [1.807, 2.05) is 0 Å².